The molecule has 0 saturated carbocycles. The van der Waals surface area contributed by atoms with Gasteiger partial charge >= 0.3 is 0 Å². The van der Waals surface area contributed by atoms with Crippen LogP contribution in [0.5, 0.6) is 0 Å². The first-order chi connectivity index (χ1) is 9.78. The van der Waals surface area contributed by atoms with Gasteiger partial charge in [-0.2, -0.15) is 5.26 Å². The Morgan fingerprint density at radius 2 is 2.10 bits per heavy atom. The molecule has 96 valence electrons. The molecule has 3 aromatic rings. The molecule has 20 heavy (non-hydrogen) atoms. The van der Waals surface area contributed by atoms with Crippen LogP contribution >= 0.6 is 11.6 Å². The highest BCUT2D eigenvalue weighted by Crippen LogP contribution is 2.28. The SMILES string of the molecule is N#Cc1ccc(-c2ccc(-n3ccnc3)nc2)c(Cl)c1. The van der Waals surface area contributed by atoms with Crippen molar-refractivity contribution in [2.24, 2.45) is 0 Å². The van der Waals surface area contributed by atoms with Gasteiger partial charge in [-0.3, -0.25) is 4.57 Å². The average Bonchev–Trinajstić information content (AvgIpc) is 3.01. The first-order valence-corrected chi connectivity index (χ1v) is 6.30. The molecule has 2 aromatic heterocycles. The number of nitrogens with zero attached hydrogens (tertiary/aromatic N) is 4. The van der Waals surface area contributed by atoms with Gasteiger partial charge in [-0.15, -0.1) is 0 Å². The molecule has 2 heterocycles. The summed E-state index contributed by atoms with van der Waals surface area (Å²) in [7, 11) is 0. The van der Waals surface area contributed by atoms with Crippen LogP contribution in [0.4, 0.5) is 0 Å². The van der Waals surface area contributed by atoms with Gasteiger partial charge in [-0.1, -0.05) is 17.7 Å². The van der Waals surface area contributed by atoms with Gasteiger partial charge in [0.1, 0.15) is 12.1 Å². The van der Waals surface area contributed by atoms with E-state index in [2.05, 4.69) is 16.0 Å². The summed E-state index contributed by atoms with van der Waals surface area (Å²) < 4.78 is 1.82. The van der Waals surface area contributed by atoms with E-state index >= 15 is 0 Å². The summed E-state index contributed by atoms with van der Waals surface area (Å²) in [6.45, 7) is 0. The summed E-state index contributed by atoms with van der Waals surface area (Å²) in [6.07, 6.45) is 6.98. The number of pyridine rings is 1. The summed E-state index contributed by atoms with van der Waals surface area (Å²) in [5, 5.41) is 9.38. The highest BCUT2D eigenvalue weighted by molar-refractivity contribution is 6.33. The Morgan fingerprint density at radius 1 is 1.20 bits per heavy atom. The molecule has 0 aliphatic rings. The molecule has 0 fully saturated rings. The topological polar surface area (TPSA) is 54.5 Å². The van der Waals surface area contributed by atoms with Crippen LogP contribution < -0.4 is 0 Å². The molecular formula is C15H9ClN4. The second-order valence-corrected chi connectivity index (χ2v) is 4.59. The Labute approximate surface area is 120 Å². The molecule has 0 spiro atoms. The number of halogens is 1. The third kappa shape index (κ3) is 2.27. The maximum absolute atomic E-state index is 8.84. The molecule has 0 saturated heterocycles. The van der Waals surface area contributed by atoms with E-state index in [1.54, 1.807) is 30.9 Å². The van der Waals surface area contributed by atoms with Crippen LogP contribution in [0.25, 0.3) is 16.9 Å². The van der Waals surface area contributed by atoms with E-state index in [-0.39, 0.29) is 0 Å². The van der Waals surface area contributed by atoms with Crippen molar-refractivity contribution in [2.75, 3.05) is 0 Å². The van der Waals surface area contributed by atoms with E-state index in [9.17, 15) is 0 Å². The van der Waals surface area contributed by atoms with Crippen LogP contribution in [0.3, 0.4) is 0 Å². The molecule has 0 bridgehead atoms. The molecule has 0 N–H and O–H groups in total. The standard InChI is InChI=1S/C15H9ClN4/c16-14-7-11(8-17)1-3-13(14)12-2-4-15(19-9-12)20-6-5-18-10-20/h1-7,9-10H. The Kier molecular flexibility index (Phi) is 3.20. The van der Waals surface area contributed by atoms with E-state index < -0.39 is 0 Å². The molecule has 0 unspecified atom stereocenters. The van der Waals surface area contributed by atoms with E-state index in [4.69, 9.17) is 16.9 Å². The summed E-state index contributed by atoms with van der Waals surface area (Å²) in [4.78, 5) is 8.36. The zero-order valence-corrected chi connectivity index (χ0v) is 11.1. The fourth-order valence-electron chi connectivity index (χ4n) is 1.91. The lowest BCUT2D eigenvalue weighted by atomic mass is 10.1. The minimum Gasteiger partial charge on any atom is -0.291 e. The highest BCUT2D eigenvalue weighted by Gasteiger charge is 2.06. The van der Waals surface area contributed by atoms with Gasteiger partial charge in [0.05, 0.1) is 11.6 Å². The average molecular weight is 281 g/mol. The van der Waals surface area contributed by atoms with Crippen molar-refractivity contribution >= 4 is 11.6 Å². The van der Waals surface area contributed by atoms with Crippen LogP contribution in [0.2, 0.25) is 5.02 Å². The van der Waals surface area contributed by atoms with Gasteiger partial charge in [0.2, 0.25) is 0 Å². The van der Waals surface area contributed by atoms with Gasteiger partial charge in [-0.05, 0) is 24.3 Å². The normalized spacial score (nSPS) is 10.2. The van der Waals surface area contributed by atoms with E-state index in [1.807, 2.05) is 29.0 Å². The van der Waals surface area contributed by atoms with Gasteiger partial charge in [0.25, 0.3) is 0 Å². The Balaban J connectivity index is 1.98. The van der Waals surface area contributed by atoms with E-state index in [0.29, 0.717) is 10.6 Å². The Morgan fingerprint density at radius 3 is 2.70 bits per heavy atom. The molecule has 4 nitrogen and oxygen atoms in total. The molecule has 0 radical (unpaired) electrons. The fourth-order valence-corrected chi connectivity index (χ4v) is 2.20. The van der Waals surface area contributed by atoms with Gasteiger partial charge in [-0.25, -0.2) is 9.97 Å². The monoisotopic (exact) mass is 280 g/mol. The van der Waals surface area contributed by atoms with Crippen LogP contribution in [-0.4, -0.2) is 14.5 Å². The van der Waals surface area contributed by atoms with Crippen LogP contribution in [0, 0.1) is 11.3 Å². The number of benzene rings is 1. The third-order valence-corrected chi connectivity index (χ3v) is 3.24. The van der Waals surface area contributed by atoms with E-state index in [0.717, 1.165) is 16.9 Å². The van der Waals surface area contributed by atoms with Crippen molar-refractivity contribution in [3.05, 3.63) is 65.8 Å². The van der Waals surface area contributed by atoms with E-state index in [1.165, 1.54) is 0 Å². The summed E-state index contributed by atoms with van der Waals surface area (Å²) >= 11 is 6.19. The van der Waals surface area contributed by atoms with Crippen molar-refractivity contribution in [3.8, 4) is 23.0 Å². The number of hydrogen-bond donors (Lipinski definition) is 0. The van der Waals surface area contributed by atoms with Gasteiger partial charge < -0.3 is 0 Å². The van der Waals surface area contributed by atoms with Crippen molar-refractivity contribution in [2.45, 2.75) is 0 Å². The Hall–Kier alpha value is -2.64. The van der Waals surface area contributed by atoms with Gasteiger partial charge in [0.15, 0.2) is 0 Å². The van der Waals surface area contributed by atoms with Crippen LogP contribution in [0.15, 0.2) is 55.2 Å². The smallest absolute Gasteiger partial charge is 0.137 e. The zero-order valence-electron chi connectivity index (χ0n) is 10.4. The molecule has 0 aliphatic heterocycles. The first kappa shape index (κ1) is 12.4. The lowest BCUT2D eigenvalue weighted by Gasteiger charge is -2.06. The minimum atomic E-state index is 0.543. The number of rotatable bonds is 2. The summed E-state index contributed by atoms with van der Waals surface area (Å²) in [5.41, 5.74) is 2.31. The fraction of sp³-hybridized carbons (Fsp3) is 0. The molecule has 1 aromatic carbocycles. The number of nitriles is 1. The predicted octanol–water partition coefficient (Wildman–Crippen LogP) is 3.46. The largest absolute Gasteiger partial charge is 0.291 e. The quantitative estimate of drug-likeness (QED) is 0.722. The summed E-state index contributed by atoms with van der Waals surface area (Å²) in [6, 6.07) is 11.1. The van der Waals surface area contributed by atoms with Crippen molar-refractivity contribution in [1.82, 2.24) is 14.5 Å². The number of aromatic nitrogens is 3. The Bertz CT molecular complexity index is 771. The maximum Gasteiger partial charge on any atom is 0.137 e. The van der Waals surface area contributed by atoms with Crippen molar-refractivity contribution in [1.29, 1.82) is 5.26 Å². The second-order valence-electron chi connectivity index (χ2n) is 4.18. The molecule has 3 rings (SSSR count). The van der Waals surface area contributed by atoms with Crippen LogP contribution in [-0.2, 0) is 0 Å². The molecular weight excluding hydrogens is 272 g/mol. The lowest BCUT2D eigenvalue weighted by Crippen LogP contribution is -1.94. The van der Waals surface area contributed by atoms with Gasteiger partial charge in [0, 0.05) is 34.7 Å². The van der Waals surface area contributed by atoms with Crippen molar-refractivity contribution < 1.29 is 0 Å². The van der Waals surface area contributed by atoms with Crippen LogP contribution in [0.1, 0.15) is 5.56 Å². The number of hydrogen-bond acceptors (Lipinski definition) is 3. The lowest BCUT2D eigenvalue weighted by molar-refractivity contribution is 0.994. The second kappa shape index (κ2) is 5.16. The summed E-state index contributed by atoms with van der Waals surface area (Å²) in [5.74, 6) is 0.788. The molecule has 0 aliphatic carbocycles. The zero-order chi connectivity index (χ0) is 13.9. The molecule has 0 atom stereocenters. The maximum atomic E-state index is 8.84. The third-order valence-electron chi connectivity index (χ3n) is 2.93. The minimum absolute atomic E-state index is 0.543. The number of imidazole rings is 1. The molecule has 0 amide bonds. The molecule has 5 heteroatoms. The van der Waals surface area contributed by atoms with Crippen molar-refractivity contribution in [3.63, 3.8) is 0 Å². The first-order valence-electron chi connectivity index (χ1n) is 5.92. The highest BCUT2D eigenvalue weighted by atomic mass is 35.5. The predicted molar refractivity (Wildman–Crippen MR) is 76.5 cm³/mol.